The SMILES string of the molecule is Cc1cc(SCC(=O)N2CCN(c3ccc([N+](=O)[O-])cc3)CC2)nc2ccccc12. The lowest BCUT2D eigenvalue weighted by molar-refractivity contribution is -0.384. The molecule has 2 heterocycles. The van der Waals surface area contributed by atoms with Crippen LogP contribution in [0.1, 0.15) is 5.56 Å². The smallest absolute Gasteiger partial charge is 0.269 e. The van der Waals surface area contributed by atoms with Crippen LogP contribution >= 0.6 is 11.8 Å². The monoisotopic (exact) mass is 422 g/mol. The largest absolute Gasteiger partial charge is 0.368 e. The number of para-hydroxylation sites is 1. The molecule has 1 aliphatic rings. The second-order valence-electron chi connectivity index (χ2n) is 7.22. The Morgan fingerprint density at radius 2 is 1.80 bits per heavy atom. The molecule has 0 aliphatic carbocycles. The summed E-state index contributed by atoms with van der Waals surface area (Å²) in [4.78, 5) is 31.7. The average molecular weight is 423 g/mol. The Hall–Kier alpha value is -3.13. The summed E-state index contributed by atoms with van der Waals surface area (Å²) in [7, 11) is 0. The number of hydrogen-bond donors (Lipinski definition) is 0. The van der Waals surface area contributed by atoms with Gasteiger partial charge < -0.3 is 9.80 Å². The van der Waals surface area contributed by atoms with Gasteiger partial charge in [-0.2, -0.15) is 0 Å². The fourth-order valence-electron chi connectivity index (χ4n) is 3.62. The lowest BCUT2D eigenvalue weighted by Gasteiger charge is -2.36. The number of carbonyl (C=O) groups is 1. The van der Waals surface area contributed by atoms with Crippen molar-refractivity contribution in [1.29, 1.82) is 0 Å². The van der Waals surface area contributed by atoms with Crippen LogP contribution in [0.4, 0.5) is 11.4 Å². The second-order valence-corrected chi connectivity index (χ2v) is 8.22. The van der Waals surface area contributed by atoms with Crippen LogP contribution in [0.15, 0.2) is 59.6 Å². The lowest BCUT2D eigenvalue weighted by Crippen LogP contribution is -2.49. The molecule has 4 rings (SSSR count). The minimum Gasteiger partial charge on any atom is -0.368 e. The number of fused-ring (bicyclic) bond motifs is 1. The second kappa shape index (κ2) is 8.71. The molecule has 0 bridgehead atoms. The molecule has 1 saturated heterocycles. The topological polar surface area (TPSA) is 79.6 Å². The number of piperazine rings is 1. The third kappa shape index (κ3) is 4.38. The van der Waals surface area contributed by atoms with E-state index in [0.29, 0.717) is 31.9 Å². The molecule has 1 aromatic heterocycles. The summed E-state index contributed by atoms with van der Waals surface area (Å²) in [5.74, 6) is 0.471. The highest BCUT2D eigenvalue weighted by molar-refractivity contribution is 7.99. The van der Waals surface area contributed by atoms with Crippen molar-refractivity contribution in [3.8, 4) is 0 Å². The van der Waals surface area contributed by atoms with E-state index in [1.54, 1.807) is 12.1 Å². The van der Waals surface area contributed by atoms with E-state index < -0.39 is 4.92 Å². The summed E-state index contributed by atoms with van der Waals surface area (Å²) >= 11 is 1.47. The standard InChI is InChI=1S/C22H22N4O3S/c1-16-14-21(23-20-5-3-2-4-19(16)20)30-15-22(27)25-12-10-24(11-13-25)17-6-8-18(9-7-17)26(28)29/h2-9,14H,10-13,15H2,1H3. The van der Waals surface area contributed by atoms with Crippen LogP contribution in [0, 0.1) is 17.0 Å². The molecule has 0 saturated carbocycles. The first-order valence-electron chi connectivity index (χ1n) is 9.77. The van der Waals surface area contributed by atoms with Crippen LogP contribution in [-0.2, 0) is 4.79 Å². The molecule has 8 heteroatoms. The molecular formula is C22H22N4O3S. The first-order valence-corrected chi connectivity index (χ1v) is 10.8. The Labute approximate surface area is 178 Å². The number of anilines is 1. The van der Waals surface area contributed by atoms with Crippen molar-refractivity contribution in [2.24, 2.45) is 0 Å². The molecule has 0 N–H and O–H groups in total. The molecule has 154 valence electrons. The van der Waals surface area contributed by atoms with Gasteiger partial charge in [0.15, 0.2) is 0 Å². The number of nitro groups is 1. The Kier molecular flexibility index (Phi) is 5.85. The van der Waals surface area contributed by atoms with Gasteiger partial charge in [0, 0.05) is 49.4 Å². The molecule has 2 aromatic carbocycles. The number of benzene rings is 2. The van der Waals surface area contributed by atoms with Crippen molar-refractivity contribution >= 4 is 39.9 Å². The fourth-order valence-corrected chi connectivity index (χ4v) is 4.50. The number of thioether (sulfide) groups is 1. The van der Waals surface area contributed by atoms with Gasteiger partial charge in [-0.1, -0.05) is 30.0 Å². The Balaban J connectivity index is 1.32. The third-order valence-corrected chi connectivity index (χ3v) is 6.20. The number of carbonyl (C=O) groups excluding carboxylic acids is 1. The van der Waals surface area contributed by atoms with Crippen molar-refractivity contribution in [3.63, 3.8) is 0 Å². The van der Waals surface area contributed by atoms with Gasteiger partial charge >= 0.3 is 0 Å². The van der Waals surface area contributed by atoms with Crippen molar-refractivity contribution in [2.75, 3.05) is 36.8 Å². The number of nitrogens with zero attached hydrogens (tertiary/aromatic N) is 4. The number of aryl methyl sites for hydroxylation is 1. The highest BCUT2D eigenvalue weighted by Crippen LogP contribution is 2.24. The molecule has 0 atom stereocenters. The van der Waals surface area contributed by atoms with E-state index in [2.05, 4.69) is 22.9 Å². The number of aromatic nitrogens is 1. The van der Waals surface area contributed by atoms with Crippen LogP contribution < -0.4 is 4.90 Å². The third-order valence-electron chi connectivity index (χ3n) is 5.30. The fraction of sp³-hybridized carbons (Fsp3) is 0.273. The Bertz CT molecular complexity index is 1080. The van der Waals surface area contributed by atoms with Gasteiger partial charge in [0.05, 0.1) is 21.2 Å². The Morgan fingerprint density at radius 3 is 2.50 bits per heavy atom. The van der Waals surface area contributed by atoms with E-state index in [-0.39, 0.29) is 11.6 Å². The minimum absolute atomic E-state index is 0.0853. The summed E-state index contributed by atoms with van der Waals surface area (Å²) in [5, 5.41) is 12.8. The summed E-state index contributed by atoms with van der Waals surface area (Å²) < 4.78 is 0. The molecule has 1 fully saturated rings. The molecule has 0 unspecified atom stereocenters. The average Bonchev–Trinajstić information content (AvgIpc) is 2.78. The maximum Gasteiger partial charge on any atom is 0.269 e. The van der Waals surface area contributed by atoms with Gasteiger partial charge in [0.25, 0.3) is 5.69 Å². The molecule has 0 spiro atoms. The van der Waals surface area contributed by atoms with E-state index in [9.17, 15) is 14.9 Å². The van der Waals surface area contributed by atoms with Crippen molar-refractivity contribution in [3.05, 3.63) is 70.3 Å². The van der Waals surface area contributed by atoms with E-state index in [1.807, 2.05) is 29.2 Å². The van der Waals surface area contributed by atoms with Crippen LogP contribution in [0.2, 0.25) is 0 Å². The van der Waals surface area contributed by atoms with Crippen LogP contribution in [0.25, 0.3) is 10.9 Å². The van der Waals surface area contributed by atoms with E-state index >= 15 is 0 Å². The normalized spacial score (nSPS) is 14.2. The highest BCUT2D eigenvalue weighted by Gasteiger charge is 2.22. The molecule has 0 radical (unpaired) electrons. The van der Waals surface area contributed by atoms with Crippen LogP contribution in [0.5, 0.6) is 0 Å². The van der Waals surface area contributed by atoms with Crippen molar-refractivity contribution in [1.82, 2.24) is 9.88 Å². The summed E-state index contributed by atoms with van der Waals surface area (Å²) in [6, 6.07) is 16.6. The maximum absolute atomic E-state index is 12.7. The molecule has 1 amide bonds. The molecule has 3 aromatic rings. The Morgan fingerprint density at radius 1 is 1.10 bits per heavy atom. The predicted octanol–water partition coefficient (Wildman–Crippen LogP) is 3.89. The zero-order valence-corrected chi connectivity index (χ0v) is 17.5. The van der Waals surface area contributed by atoms with Crippen molar-refractivity contribution < 1.29 is 9.72 Å². The van der Waals surface area contributed by atoms with Gasteiger partial charge in [0.1, 0.15) is 0 Å². The molecule has 7 nitrogen and oxygen atoms in total. The van der Waals surface area contributed by atoms with Gasteiger partial charge in [-0.25, -0.2) is 4.98 Å². The number of nitro benzene ring substituents is 1. The van der Waals surface area contributed by atoms with Crippen molar-refractivity contribution in [2.45, 2.75) is 11.9 Å². The van der Waals surface area contributed by atoms with Crippen LogP contribution in [0.3, 0.4) is 0 Å². The number of hydrogen-bond acceptors (Lipinski definition) is 6. The zero-order chi connectivity index (χ0) is 21.1. The first kappa shape index (κ1) is 20.2. The van der Waals surface area contributed by atoms with Gasteiger partial charge in [0.2, 0.25) is 5.91 Å². The minimum atomic E-state index is -0.399. The van der Waals surface area contributed by atoms with Crippen LogP contribution in [-0.4, -0.2) is 52.6 Å². The number of pyridine rings is 1. The lowest BCUT2D eigenvalue weighted by atomic mass is 10.1. The summed E-state index contributed by atoms with van der Waals surface area (Å²) in [6.07, 6.45) is 0. The first-order chi connectivity index (χ1) is 14.5. The summed E-state index contributed by atoms with van der Waals surface area (Å²) in [6.45, 7) is 4.76. The van der Waals surface area contributed by atoms with E-state index in [1.165, 1.54) is 23.9 Å². The number of amides is 1. The zero-order valence-electron chi connectivity index (χ0n) is 16.7. The number of rotatable bonds is 5. The highest BCUT2D eigenvalue weighted by atomic mass is 32.2. The summed E-state index contributed by atoms with van der Waals surface area (Å²) in [5.41, 5.74) is 3.14. The quantitative estimate of drug-likeness (QED) is 0.353. The molecule has 30 heavy (non-hydrogen) atoms. The van der Waals surface area contributed by atoms with E-state index in [0.717, 1.165) is 27.2 Å². The maximum atomic E-state index is 12.7. The predicted molar refractivity (Wildman–Crippen MR) is 119 cm³/mol. The van der Waals surface area contributed by atoms with Gasteiger partial charge in [-0.3, -0.25) is 14.9 Å². The molecule has 1 aliphatic heterocycles. The molecular weight excluding hydrogens is 400 g/mol. The van der Waals surface area contributed by atoms with E-state index in [4.69, 9.17) is 0 Å². The number of non-ortho nitro benzene ring substituents is 1. The van der Waals surface area contributed by atoms with Gasteiger partial charge in [-0.15, -0.1) is 0 Å². The van der Waals surface area contributed by atoms with Gasteiger partial charge in [-0.05, 0) is 36.8 Å².